The largest absolute Gasteiger partial charge is 0.481 e. The van der Waals surface area contributed by atoms with Crippen LogP contribution in [0, 0.1) is 11.7 Å². The van der Waals surface area contributed by atoms with Gasteiger partial charge in [0.25, 0.3) is 0 Å². The van der Waals surface area contributed by atoms with Crippen LogP contribution in [0.4, 0.5) is 4.39 Å². The number of benzene rings is 1. The van der Waals surface area contributed by atoms with Gasteiger partial charge in [-0.25, -0.2) is 4.39 Å². The standard InChI is InChI=1S/C13H16FNO2.BrH/c1-15-7-6-11(12(8-15)13(16)17)9-2-4-10(14)5-3-9;/h2-5,11-12H,6-8H2,1H3,(H,16,17);1H/t11-,12+;/m1./s1. The zero-order valence-electron chi connectivity index (χ0n) is 10.2. The molecular formula is C13H17BrFNO2. The van der Waals surface area contributed by atoms with E-state index in [9.17, 15) is 14.3 Å². The zero-order valence-corrected chi connectivity index (χ0v) is 11.9. The highest BCUT2D eigenvalue weighted by molar-refractivity contribution is 8.93. The summed E-state index contributed by atoms with van der Waals surface area (Å²) in [6, 6.07) is 6.18. The van der Waals surface area contributed by atoms with Crippen LogP contribution in [0.2, 0.25) is 0 Å². The first-order chi connectivity index (χ1) is 8.08. The molecule has 1 aliphatic heterocycles. The molecule has 1 aliphatic rings. The maximum absolute atomic E-state index is 12.8. The number of hydrogen-bond acceptors (Lipinski definition) is 2. The van der Waals surface area contributed by atoms with E-state index in [0.717, 1.165) is 18.5 Å². The van der Waals surface area contributed by atoms with Gasteiger partial charge in [0.1, 0.15) is 5.82 Å². The van der Waals surface area contributed by atoms with Crippen LogP contribution in [0.5, 0.6) is 0 Å². The van der Waals surface area contributed by atoms with E-state index in [0.29, 0.717) is 6.54 Å². The Morgan fingerprint density at radius 3 is 2.56 bits per heavy atom. The van der Waals surface area contributed by atoms with Crippen molar-refractivity contribution in [2.24, 2.45) is 5.92 Å². The Bertz CT molecular complexity index is 410. The van der Waals surface area contributed by atoms with Crippen molar-refractivity contribution in [1.29, 1.82) is 0 Å². The second-order valence-electron chi connectivity index (χ2n) is 4.65. The lowest BCUT2D eigenvalue weighted by Crippen LogP contribution is -2.40. The molecule has 0 amide bonds. The minimum Gasteiger partial charge on any atom is -0.481 e. The molecule has 18 heavy (non-hydrogen) atoms. The van der Waals surface area contributed by atoms with E-state index in [1.54, 1.807) is 12.1 Å². The minimum absolute atomic E-state index is 0. The fourth-order valence-electron chi connectivity index (χ4n) is 2.47. The summed E-state index contributed by atoms with van der Waals surface area (Å²) in [7, 11) is 1.93. The molecule has 2 rings (SSSR count). The molecule has 0 spiro atoms. The molecule has 1 heterocycles. The molecule has 1 aromatic carbocycles. The van der Waals surface area contributed by atoms with Crippen LogP contribution in [0.15, 0.2) is 24.3 Å². The highest BCUT2D eigenvalue weighted by atomic mass is 79.9. The van der Waals surface area contributed by atoms with Crippen molar-refractivity contribution in [2.75, 3.05) is 20.1 Å². The maximum atomic E-state index is 12.8. The Labute approximate surface area is 116 Å². The first kappa shape index (κ1) is 15.1. The van der Waals surface area contributed by atoms with Crippen molar-refractivity contribution < 1.29 is 14.3 Å². The topological polar surface area (TPSA) is 40.5 Å². The van der Waals surface area contributed by atoms with Crippen molar-refractivity contribution >= 4 is 23.0 Å². The summed E-state index contributed by atoms with van der Waals surface area (Å²) in [6.45, 7) is 1.43. The van der Waals surface area contributed by atoms with Crippen LogP contribution in [-0.4, -0.2) is 36.1 Å². The molecule has 0 saturated carbocycles. The first-order valence-corrected chi connectivity index (χ1v) is 5.74. The highest BCUT2D eigenvalue weighted by Gasteiger charge is 2.33. The molecule has 0 bridgehead atoms. The smallest absolute Gasteiger partial charge is 0.308 e. The van der Waals surface area contributed by atoms with Crippen molar-refractivity contribution in [3.05, 3.63) is 35.6 Å². The quantitative estimate of drug-likeness (QED) is 0.911. The SMILES string of the molecule is Br.CN1CC[C@H](c2ccc(F)cc2)[C@@H](C(=O)O)C1. The van der Waals surface area contributed by atoms with Gasteiger partial charge in [0.15, 0.2) is 0 Å². The summed E-state index contributed by atoms with van der Waals surface area (Å²) < 4.78 is 12.8. The maximum Gasteiger partial charge on any atom is 0.308 e. The van der Waals surface area contributed by atoms with Crippen molar-refractivity contribution in [3.63, 3.8) is 0 Å². The van der Waals surface area contributed by atoms with Gasteiger partial charge in [-0.3, -0.25) is 4.79 Å². The van der Waals surface area contributed by atoms with E-state index in [1.165, 1.54) is 12.1 Å². The fraction of sp³-hybridized carbons (Fsp3) is 0.462. The van der Waals surface area contributed by atoms with Gasteiger partial charge in [0.2, 0.25) is 0 Å². The average molecular weight is 318 g/mol. The summed E-state index contributed by atoms with van der Waals surface area (Å²) >= 11 is 0. The summed E-state index contributed by atoms with van der Waals surface area (Å²) in [5.41, 5.74) is 0.923. The van der Waals surface area contributed by atoms with E-state index in [1.807, 2.05) is 11.9 Å². The molecule has 100 valence electrons. The van der Waals surface area contributed by atoms with Gasteiger partial charge in [-0.15, -0.1) is 17.0 Å². The molecule has 2 atom stereocenters. The van der Waals surface area contributed by atoms with E-state index in [-0.39, 0.29) is 28.7 Å². The predicted octanol–water partition coefficient (Wildman–Crippen LogP) is 2.52. The van der Waals surface area contributed by atoms with Gasteiger partial charge in [-0.2, -0.15) is 0 Å². The van der Waals surface area contributed by atoms with Crippen LogP contribution in [0.3, 0.4) is 0 Å². The third kappa shape index (κ3) is 3.29. The lowest BCUT2D eigenvalue weighted by molar-refractivity contribution is -0.144. The molecule has 3 nitrogen and oxygen atoms in total. The minimum atomic E-state index is -0.772. The van der Waals surface area contributed by atoms with Gasteiger partial charge < -0.3 is 10.0 Å². The Balaban J connectivity index is 0.00000162. The molecule has 0 unspecified atom stereocenters. The van der Waals surface area contributed by atoms with Crippen molar-refractivity contribution in [2.45, 2.75) is 12.3 Å². The Hall–Kier alpha value is -0.940. The first-order valence-electron chi connectivity index (χ1n) is 5.74. The predicted molar refractivity (Wildman–Crippen MR) is 72.7 cm³/mol. The van der Waals surface area contributed by atoms with Crippen LogP contribution in [-0.2, 0) is 4.79 Å². The van der Waals surface area contributed by atoms with Crippen molar-refractivity contribution in [3.8, 4) is 0 Å². The summed E-state index contributed by atoms with van der Waals surface area (Å²) in [5.74, 6) is -1.47. The molecule has 0 radical (unpaired) electrons. The zero-order chi connectivity index (χ0) is 12.4. The van der Waals surface area contributed by atoms with Gasteiger partial charge in [-0.05, 0) is 43.6 Å². The number of hydrogen-bond donors (Lipinski definition) is 1. The van der Waals surface area contributed by atoms with Crippen molar-refractivity contribution in [1.82, 2.24) is 4.90 Å². The number of rotatable bonds is 2. The lowest BCUT2D eigenvalue weighted by atomic mass is 9.80. The number of carboxylic acid groups (broad SMARTS) is 1. The van der Waals surface area contributed by atoms with Crippen LogP contribution >= 0.6 is 17.0 Å². The monoisotopic (exact) mass is 317 g/mol. The van der Waals surface area contributed by atoms with Gasteiger partial charge in [0, 0.05) is 6.54 Å². The Morgan fingerprint density at radius 2 is 2.00 bits per heavy atom. The number of aliphatic carboxylic acids is 1. The van der Waals surface area contributed by atoms with E-state index in [4.69, 9.17) is 0 Å². The molecule has 1 saturated heterocycles. The van der Waals surface area contributed by atoms with Crippen LogP contribution in [0.1, 0.15) is 17.9 Å². The molecule has 1 fully saturated rings. The van der Waals surface area contributed by atoms with E-state index >= 15 is 0 Å². The van der Waals surface area contributed by atoms with Crippen LogP contribution < -0.4 is 0 Å². The molecular weight excluding hydrogens is 301 g/mol. The number of carboxylic acids is 1. The van der Waals surface area contributed by atoms with Crippen LogP contribution in [0.25, 0.3) is 0 Å². The fourth-order valence-corrected chi connectivity index (χ4v) is 2.47. The van der Waals surface area contributed by atoms with Gasteiger partial charge >= 0.3 is 5.97 Å². The molecule has 0 aliphatic carbocycles. The summed E-state index contributed by atoms with van der Waals surface area (Å²) in [5, 5.41) is 9.24. The highest BCUT2D eigenvalue weighted by Crippen LogP contribution is 2.32. The number of nitrogens with zero attached hydrogens (tertiary/aromatic N) is 1. The molecule has 1 aromatic rings. The third-order valence-electron chi connectivity index (χ3n) is 3.43. The lowest BCUT2D eigenvalue weighted by Gasteiger charge is -2.34. The normalized spacial score (nSPS) is 24.3. The van der Waals surface area contributed by atoms with E-state index in [2.05, 4.69) is 0 Å². The number of piperidine rings is 1. The molecule has 1 N–H and O–H groups in total. The number of carbonyl (C=O) groups is 1. The second kappa shape index (κ2) is 6.29. The second-order valence-corrected chi connectivity index (χ2v) is 4.65. The number of likely N-dealkylation sites (tertiary alicyclic amines) is 1. The Morgan fingerprint density at radius 1 is 1.39 bits per heavy atom. The van der Waals surface area contributed by atoms with Gasteiger partial charge in [0.05, 0.1) is 5.92 Å². The van der Waals surface area contributed by atoms with Gasteiger partial charge in [-0.1, -0.05) is 12.1 Å². The average Bonchev–Trinajstić information content (AvgIpc) is 2.30. The van der Waals surface area contributed by atoms with E-state index < -0.39 is 11.9 Å². The Kier molecular flexibility index (Phi) is 5.28. The summed E-state index contributed by atoms with van der Waals surface area (Å²) in [6.07, 6.45) is 0.805. The molecule has 0 aromatic heterocycles. The number of halogens is 2. The molecule has 5 heteroatoms. The third-order valence-corrected chi connectivity index (χ3v) is 3.43. The summed E-state index contributed by atoms with van der Waals surface area (Å²) in [4.78, 5) is 13.3.